The van der Waals surface area contributed by atoms with Gasteiger partial charge in [-0.3, -0.25) is 9.59 Å². The molecule has 7 heteroatoms. The fourth-order valence-electron chi connectivity index (χ4n) is 3.45. The summed E-state index contributed by atoms with van der Waals surface area (Å²) in [6, 6.07) is 5.78. The molecule has 3 heterocycles. The SMILES string of the molecule is CCc1ccc2nc(NC(=O)[C@@H]3CS[C@@]4(C)CCC(=O)N34)sc2c1. The summed E-state index contributed by atoms with van der Waals surface area (Å²) in [6.45, 7) is 4.17. The first-order valence-corrected chi connectivity index (χ1v) is 9.97. The topological polar surface area (TPSA) is 62.3 Å². The molecule has 4 rings (SSSR count). The maximum atomic E-state index is 12.7. The van der Waals surface area contributed by atoms with Gasteiger partial charge in [-0.1, -0.05) is 24.3 Å². The van der Waals surface area contributed by atoms with E-state index in [1.165, 1.54) is 16.9 Å². The van der Waals surface area contributed by atoms with Gasteiger partial charge in [0.05, 0.1) is 15.1 Å². The fourth-order valence-corrected chi connectivity index (χ4v) is 5.81. The van der Waals surface area contributed by atoms with E-state index in [9.17, 15) is 9.59 Å². The van der Waals surface area contributed by atoms with Gasteiger partial charge in [-0.25, -0.2) is 4.98 Å². The summed E-state index contributed by atoms with van der Waals surface area (Å²) in [6.07, 6.45) is 2.33. The molecule has 1 aromatic heterocycles. The van der Waals surface area contributed by atoms with Crippen molar-refractivity contribution < 1.29 is 9.59 Å². The first-order valence-electron chi connectivity index (χ1n) is 8.16. The smallest absolute Gasteiger partial charge is 0.249 e. The number of nitrogens with one attached hydrogen (secondary N) is 1. The van der Waals surface area contributed by atoms with E-state index in [1.54, 1.807) is 16.7 Å². The summed E-state index contributed by atoms with van der Waals surface area (Å²) >= 11 is 3.19. The number of thioether (sulfide) groups is 1. The van der Waals surface area contributed by atoms with Gasteiger partial charge in [0, 0.05) is 12.2 Å². The van der Waals surface area contributed by atoms with Crippen molar-refractivity contribution in [2.24, 2.45) is 0 Å². The largest absolute Gasteiger partial charge is 0.315 e. The molecular weight excluding hydrogens is 342 g/mol. The van der Waals surface area contributed by atoms with Crippen LogP contribution in [0.15, 0.2) is 18.2 Å². The van der Waals surface area contributed by atoms with Gasteiger partial charge in [0.15, 0.2) is 5.13 Å². The molecule has 2 fully saturated rings. The zero-order chi connectivity index (χ0) is 16.9. The second-order valence-corrected chi connectivity index (χ2v) is 8.96. The summed E-state index contributed by atoms with van der Waals surface area (Å²) in [7, 11) is 0. The molecule has 2 saturated heterocycles. The van der Waals surface area contributed by atoms with Crippen LogP contribution in [0.2, 0.25) is 0 Å². The third kappa shape index (κ3) is 2.50. The monoisotopic (exact) mass is 361 g/mol. The van der Waals surface area contributed by atoms with E-state index < -0.39 is 6.04 Å². The minimum absolute atomic E-state index is 0.0829. The van der Waals surface area contributed by atoms with Gasteiger partial charge in [-0.15, -0.1) is 11.8 Å². The average Bonchev–Trinajstić information content (AvgIpc) is 3.19. The number of hydrogen-bond acceptors (Lipinski definition) is 5. The molecule has 0 unspecified atom stereocenters. The van der Waals surface area contributed by atoms with Crippen LogP contribution in [0.4, 0.5) is 5.13 Å². The standard InChI is InChI=1S/C17H19N3O2S2/c1-3-10-4-5-11-13(8-10)24-16(18-11)19-15(22)12-9-23-17(2)7-6-14(21)20(12)17/h4-5,8,12H,3,6-7,9H2,1-2H3,(H,18,19,22)/t12-,17-/m0/s1. The van der Waals surface area contributed by atoms with Crippen LogP contribution in [0.1, 0.15) is 32.3 Å². The lowest BCUT2D eigenvalue weighted by Crippen LogP contribution is -2.48. The number of nitrogens with zero attached hydrogens (tertiary/aromatic N) is 2. The molecule has 1 aromatic carbocycles. The predicted octanol–water partition coefficient (Wildman–Crippen LogP) is 3.25. The van der Waals surface area contributed by atoms with Crippen LogP contribution >= 0.6 is 23.1 Å². The Bertz CT molecular complexity index is 834. The van der Waals surface area contributed by atoms with Crippen LogP contribution in [0, 0.1) is 0 Å². The van der Waals surface area contributed by atoms with Crippen molar-refractivity contribution in [2.75, 3.05) is 11.1 Å². The molecule has 126 valence electrons. The Morgan fingerprint density at radius 3 is 3.12 bits per heavy atom. The zero-order valence-corrected chi connectivity index (χ0v) is 15.3. The summed E-state index contributed by atoms with van der Waals surface area (Å²) in [5.74, 6) is 0.606. The van der Waals surface area contributed by atoms with E-state index in [0.29, 0.717) is 17.3 Å². The number of rotatable bonds is 3. The lowest BCUT2D eigenvalue weighted by molar-refractivity contribution is -0.135. The number of aromatic nitrogens is 1. The van der Waals surface area contributed by atoms with Crippen LogP contribution in [-0.4, -0.2) is 38.4 Å². The predicted molar refractivity (Wildman–Crippen MR) is 98.4 cm³/mol. The van der Waals surface area contributed by atoms with Gasteiger partial charge < -0.3 is 10.2 Å². The minimum atomic E-state index is -0.395. The van der Waals surface area contributed by atoms with Crippen LogP contribution in [0.3, 0.4) is 0 Å². The summed E-state index contributed by atoms with van der Waals surface area (Å²) in [5, 5.41) is 3.53. The second kappa shape index (κ2) is 5.74. The van der Waals surface area contributed by atoms with Crippen molar-refractivity contribution in [3.8, 4) is 0 Å². The molecule has 2 aromatic rings. The number of carbonyl (C=O) groups excluding carboxylic acids is 2. The molecule has 2 aliphatic rings. The molecule has 0 saturated carbocycles. The number of benzene rings is 1. The van der Waals surface area contributed by atoms with Crippen LogP contribution in [0.5, 0.6) is 0 Å². The molecule has 24 heavy (non-hydrogen) atoms. The highest BCUT2D eigenvalue weighted by Crippen LogP contribution is 2.47. The van der Waals surface area contributed by atoms with Gasteiger partial charge in [-0.2, -0.15) is 0 Å². The van der Waals surface area contributed by atoms with Crippen LogP contribution in [0.25, 0.3) is 10.2 Å². The molecule has 1 N–H and O–H groups in total. The maximum Gasteiger partial charge on any atom is 0.249 e. The molecule has 2 aliphatic heterocycles. The first-order chi connectivity index (χ1) is 11.5. The summed E-state index contributed by atoms with van der Waals surface area (Å²) in [4.78, 5) is 30.9. The van der Waals surface area contributed by atoms with Crippen molar-refractivity contribution in [3.63, 3.8) is 0 Å². The Morgan fingerprint density at radius 2 is 2.33 bits per heavy atom. The van der Waals surface area contributed by atoms with Crippen molar-refractivity contribution in [3.05, 3.63) is 23.8 Å². The summed E-state index contributed by atoms with van der Waals surface area (Å²) < 4.78 is 1.08. The number of carbonyl (C=O) groups is 2. The number of thiazole rings is 1. The molecule has 2 atom stereocenters. The van der Waals surface area contributed by atoms with E-state index in [-0.39, 0.29) is 16.7 Å². The second-order valence-electron chi connectivity index (χ2n) is 6.43. The Kier molecular flexibility index (Phi) is 3.80. The maximum absolute atomic E-state index is 12.7. The van der Waals surface area contributed by atoms with Crippen molar-refractivity contribution in [1.82, 2.24) is 9.88 Å². The number of amides is 2. The number of aryl methyl sites for hydroxylation is 1. The zero-order valence-electron chi connectivity index (χ0n) is 13.7. The number of anilines is 1. The van der Waals surface area contributed by atoms with E-state index in [1.807, 2.05) is 6.07 Å². The molecular formula is C17H19N3O2S2. The van der Waals surface area contributed by atoms with E-state index in [4.69, 9.17) is 0 Å². The van der Waals surface area contributed by atoms with Gasteiger partial charge in [0.2, 0.25) is 11.8 Å². The van der Waals surface area contributed by atoms with Gasteiger partial charge in [0.1, 0.15) is 6.04 Å². The van der Waals surface area contributed by atoms with Gasteiger partial charge in [0.25, 0.3) is 0 Å². The Hall–Kier alpha value is -1.60. The average molecular weight is 361 g/mol. The van der Waals surface area contributed by atoms with E-state index >= 15 is 0 Å². The quantitative estimate of drug-likeness (QED) is 0.911. The Labute approximate surface area is 148 Å². The van der Waals surface area contributed by atoms with Gasteiger partial charge in [-0.05, 0) is 37.5 Å². The molecule has 2 amide bonds. The van der Waals surface area contributed by atoms with Crippen molar-refractivity contribution in [2.45, 2.75) is 44.0 Å². The number of fused-ring (bicyclic) bond motifs is 2. The normalized spacial score (nSPS) is 26.2. The van der Waals surface area contributed by atoms with E-state index in [0.717, 1.165) is 23.1 Å². The lowest BCUT2D eigenvalue weighted by atomic mass is 10.2. The molecule has 0 aliphatic carbocycles. The lowest BCUT2D eigenvalue weighted by Gasteiger charge is -2.29. The minimum Gasteiger partial charge on any atom is -0.315 e. The highest BCUT2D eigenvalue weighted by atomic mass is 32.2. The van der Waals surface area contributed by atoms with Crippen LogP contribution < -0.4 is 5.32 Å². The molecule has 0 spiro atoms. The molecule has 5 nitrogen and oxygen atoms in total. The molecule has 0 radical (unpaired) electrons. The van der Waals surface area contributed by atoms with E-state index in [2.05, 4.69) is 36.3 Å². The highest BCUT2D eigenvalue weighted by Gasteiger charge is 2.52. The summed E-state index contributed by atoms with van der Waals surface area (Å²) in [5.41, 5.74) is 2.16. The highest BCUT2D eigenvalue weighted by molar-refractivity contribution is 8.01. The third-order valence-electron chi connectivity index (χ3n) is 4.84. The third-order valence-corrected chi connectivity index (χ3v) is 7.28. The van der Waals surface area contributed by atoms with Crippen molar-refractivity contribution in [1.29, 1.82) is 0 Å². The van der Waals surface area contributed by atoms with Gasteiger partial charge >= 0.3 is 0 Å². The number of hydrogen-bond donors (Lipinski definition) is 1. The molecule has 0 bridgehead atoms. The Morgan fingerprint density at radius 1 is 1.50 bits per heavy atom. The Balaban J connectivity index is 1.55. The van der Waals surface area contributed by atoms with Crippen LogP contribution in [-0.2, 0) is 16.0 Å². The van der Waals surface area contributed by atoms with Crippen molar-refractivity contribution >= 4 is 50.3 Å². The fraction of sp³-hybridized carbons (Fsp3) is 0.471. The first kappa shape index (κ1) is 15.9.